The number of rotatable bonds is 8. The van der Waals surface area contributed by atoms with Crippen molar-refractivity contribution in [3.8, 4) is 11.5 Å². The zero-order chi connectivity index (χ0) is 17.4. The molecule has 0 unspecified atom stereocenters. The summed E-state index contributed by atoms with van der Waals surface area (Å²) in [7, 11) is 1.58. The highest BCUT2D eigenvalue weighted by atomic mass is 32.2. The molecule has 0 saturated carbocycles. The average Bonchev–Trinajstić information content (AvgIpc) is 2.62. The van der Waals surface area contributed by atoms with Crippen molar-refractivity contribution in [2.24, 2.45) is 0 Å². The topological polar surface area (TPSA) is 47.6 Å². The monoisotopic (exact) mass is 345 g/mol. The van der Waals surface area contributed by atoms with Crippen molar-refractivity contribution in [2.75, 3.05) is 26.5 Å². The molecule has 1 amide bonds. The van der Waals surface area contributed by atoms with E-state index in [0.29, 0.717) is 30.9 Å². The Balaban J connectivity index is 1.99. The lowest BCUT2D eigenvalue weighted by Crippen LogP contribution is -2.26. The quantitative estimate of drug-likeness (QED) is 0.740. The average molecular weight is 345 g/mol. The number of amides is 1. The van der Waals surface area contributed by atoms with E-state index < -0.39 is 0 Å². The van der Waals surface area contributed by atoms with Crippen molar-refractivity contribution in [3.05, 3.63) is 53.6 Å². The van der Waals surface area contributed by atoms with Crippen molar-refractivity contribution >= 4 is 17.7 Å². The fourth-order valence-corrected chi connectivity index (χ4v) is 2.83. The Labute approximate surface area is 147 Å². The minimum Gasteiger partial charge on any atom is -0.496 e. The van der Waals surface area contributed by atoms with Gasteiger partial charge in [0.15, 0.2) is 0 Å². The summed E-state index contributed by atoms with van der Waals surface area (Å²) in [6, 6.07) is 13.5. The van der Waals surface area contributed by atoms with Crippen LogP contribution in [0.15, 0.2) is 47.4 Å². The van der Waals surface area contributed by atoms with E-state index >= 15 is 0 Å². The minimum absolute atomic E-state index is 0.131. The van der Waals surface area contributed by atoms with E-state index in [2.05, 4.69) is 5.32 Å². The highest BCUT2D eigenvalue weighted by molar-refractivity contribution is 7.98. The lowest BCUT2D eigenvalue weighted by Gasteiger charge is -2.12. The largest absolute Gasteiger partial charge is 0.496 e. The smallest absolute Gasteiger partial charge is 0.255 e. The SMILES string of the molecule is CCOc1ccccc1CCNC(=O)c1ccc(SC)cc1OC. The Morgan fingerprint density at radius 1 is 1.17 bits per heavy atom. The molecule has 1 N–H and O–H groups in total. The molecule has 0 heterocycles. The van der Waals surface area contributed by atoms with Crippen LogP contribution in [0.2, 0.25) is 0 Å². The first kappa shape index (κ1) is 18.2. The van der Waals surface area contributed by atoms with E-state index in [1.165, 1.54) is 0 Å². The molecule has 4 nitrogen and oxygen atoms in total. The van der Waals surface area contributed by atoms with Gasteiger partial charge in [0.1, 0.15) is 11.5 Å². The van der Waals surface area contributed by atoms with Crippen LogP contribution < -0.4 is 14.8 Å². The molecule has 0 aliphatic rings. The number of thioether (sulfide) groups is 1. The summed E-state index contributed by atoms with van der Waals surface area (Å²) >= 11 is 1.61. The lowest BCUT2D eigenvalue weighted by molar-refractivity contribution is 0.0951. The maximum Gasteiger partial charge on any atom is 0.255 e. The predicted molar refractivity (Wildman–Crippen MR) is 98.4 cm³/mol. The van der Waals surface area contributed by atoms with Crippen LogP contribution in [0.1, 0.15) is 22.8 Å². The van der Waals surface area contributed by atoms with Gasteiger partial charge in [-0.15, -0.1) is 11.8 Å². The van der Waals surface area contributed by atoms with Crippen molar-refractivity contribution in [3.63, 3.8) is 0 Å². The maximum absolute atomic E-state index is 12.4. The molecule has 0 aliphatic heterocycles. The van der Waals surface area contributed by atoms with Crippen LogP contribution in [0.5, 0.6) is 11.5 Å². The minimum atomic E-state index is -0.131. The lowest BCUT2D eigenvalue weighted by atomic mass is 10.1. The van der Waals surface area contributed by atoms with Gasteiger partial charge in [0, 0.05) is 11.4 Å². The normalized spacial score (nSPS) is 10.3. The van der Waals surface area contributed by atoms with Crippen LogP contribution >= 0.6 is 11.8 Å². The summed E-state index contributed by atoms with van der Waals surface area (Å²) in [6.45, 7) is 3.13. The molecular formula is C19H23NO3S. The van der Waals surface area contributed by atoms with Gasteiger partial charge in [-0.05, 0) is 49.4 Å². The second-order valence-corrected chi connectivity index (χ2v) is 5.99. The molecule has 0 fully saturated rings. The molecule has 0 aliphatic carbocycles. The molecule has 0 spiro atoms. The number of para-hydroxylation sites is 1. The molecule has 2 aromatic rings. The molecular weight excluding hydrogens is 322 g/mol. The van der Waals surface area contributed by atoms with Gasteiger partial charge in [0.25, 0.3) is 5.91 Å². The molecule has 0 radical (unpaired) electrons. The Morgan fingerprint density at radius 2 is 1.96 bits per heavy atom. The van der Waals surface area contributed by atoms with Crippen molar-refractivity contribution in [1.82, 2.24) is 5.32 Å². The third kappa shape index (κ3) is 4.68. The molecule has 0 atom stereocenters. The van der Waals surface area contributed by atoms with Crippen molar-refractivity contribution < 1.29 is 14.3 Å². The summed E-state index contributed by atoms with van der Waals surface area (Å²) in [5, 5.41) is 2.95. The standard InChI is InChI=1S/C19H23NO3S/c1-4-23-17-8-6-5-7-14(17)11-12-20-19(21)16-10-9-15(24-3)13-18(16)22-2/h5-10,13H,4,11-12H2,1-3H3,(H,20,21). The highest BCUT2D eigenvalue weighted by Gasteiger charge is 2.12. The van der Waals surface area contributed by atoms with Gasteiger partial charge < -0.3 is 14.8 Å². The fraction of sp³-hybridized carbons (Fsp3) is 0.316. The summed E-state index contributed by atoms with van der Waals surface area (Å²) in [4.78, 5) is 13.5. The number of nitrogens with one attached hydrogen (secondary N) is 1. The summed E-state index contributed by atoms with van der Waals surface area (Å²) in [5.74, 6) is 1.33. The Kier molecular flexibility index (Phi) is 7.00. The molecule has 128 valence electrons. The molecule has 24 heavy (non-hydrogen) atoms. The van der Waals surface area contributed by atoms with Gasteiger partial charge in [-0.2, -0.15) is 0 Å². The number of hydrogen-bond donors (Lipinski definition) is 1. The van der Waals surface area contributed by atoms with E-state index in [0.717, 1.165) is 16.2 Å². The number of methoxy groups -OCH3 is 1. The molecule has 2 rings (SSSR count). The number of carbonyl (C=O) groups excluding carboxylic acids is 1. The highest BCUT2D eigenvalue weighted by Crippen LogP contribution is 2.25. The second kappa shape index (κ2) is 9.23. The number of hydrogen-bond acceptors (Lipinski definition) is 4. The Hall–Kier alpha value is -2.14. The molecule has 0 aromatic heterocycles. The zero-order valence-corrected chi connectivity index (χ0v) is 15.1. The van der Waals surface area contributed by atoms with E-state index in [1.54, 1.807) is 24.9 Å². The van der Waals surface area contributed by atoms with E-state index in [1.807, 2.05) is 49.6 Å². The summed E-state index contributed by atoms with van der Waals surface area (Å²) in [6.07, 6.45) is 2.71. The summed E-state index contributed by atoms with van der Waals surface area (Å²) < 4.78 is 10.9. The molecule has 2 aromatic carbocycles. The van der Waals surface area contributed by atoms with Gasteiger partial charge in [-0.3, -0.25) is 4.79 Å². The first-order valence-electron chi connectivity index (χ1n) is 7.90. The molecule has 5 heteroatoms. The predicted octanol–water partition coefficient (Wildman–Crippen LogP) is 3.79. The van der Waals surface area contributed by atoms with E-state index in [9.17, 15) is 4.79 Å². The van der Waals surface area contributed by atoms with Crippen LogP contribution in [0, 0.1) is 0 Å². The van der Waals surface area contributed by atoms with Gasteiger partial charge >= 0.3 is 0 Å². The zero-order valence-electron chi connectivity index (χ0n) is 14.3. The number of benzene rings is 2. The Morgan fingerprint density at radius 3 is 2.67 bits per heavy atom. The third-order valence-electron chi connectivity index (χ3n) is 3.61. The second-order valence-electron chi connectivity index (χ2n) is 5.11. The van der Waals surface area contributed by atoms with Crippen molar-refractivity contribution in [2.45, 2.75) is 18.2 Å². The van der Waals surface area contributed by atoms with Crippen LogP contribution in [-0.2, 0) is 6.42 Å². The van der Waals surface area contributed by atoms with Crippen LogP contribution in [0.25, 0.3) is 0 Å². The van der Waals surface area contributed by atoms with Gasteiger partial charge in [-0.25, -0.2) is 0 Å². The fourth-order valence-electron chi connectivity index (χ4n) is 2.40. The summed E-state index contributed by atoms with van der Waals surface area (Å²) in [5.41, 5.74) is 1.64. The molecule has 0 saturated heterocycles. The number of ether oxygens (including phenoxy) is 2. The van der Waals surface area contributed by atoms with E-state index in [4.69, 9.17) is 9.47 Å². The van der Waals surface area contributed by atoms with E-state index in [-0.39, 0.29) is 5.91 Å². The number of carbonyl (C=O) groups is 1. The molecule has 0 bridgehead atoms. The maximum atomic E-state index is 12.4. The third-order valence-corrected chi connectivity index (χ3v) is 4.33. The van der Waals surface area contributed by atoms with Crippen LogP contribution in [-0.4, -0.2) is 32.4 Å². The first-order chi connectivity index (χ1) is 11.7. The van der Waals surface area contributed by atoms with Crippen molar-refractivity contribution in [1.29, 1.82) is 0 Å². The van der Waals surface area contributed by atoms with Gasteiger partial charge in [0.2, 0.25) is 0 Å². The Bertz CT molecular complexity index is 688. The van der Waals surface area contributed by atoms with Crippen LogP contribution in [0.4, 0.5) is 0 Å². The first-order valence-corrected chi connectivity index (χ1v) is 9.13. The van der Waals surface area contributed by atoms with Gasteiger partial charge in [-0.1, -0.05) is 18.2 Å². The van der Waals surface area contributed by atoms with Gasteiger partial charge in [0.05, 0.1) is 19.3 Å². The van der Waals surface area contributed by atoms with Crippen LogP contribution in [0.3, 0.4) is 0 Å².